The Morgan fingerprint density at radius 2 is 2.14 bits per heavy atom. The standard InChI is InChI=1S/C9H13N5/c1-3-6-8(13-14-9(6)10)7-4-5(2)11-12-7/h4H,3H2,1-2H3,(H,11,12)(H3,10,13,14). The fourth-order valence-corrected chi connectivity index (χ4v) is 1.50. The number of aromatic amines is 2. The number of nitrogen functional groups attached to an aromatic ring is 1. The maximum absolute atomic E-state index is 5.72. The van der Waals surface area contributed by atoms with Gasteiger partial charge in [-0.3, -0.25) is 10.2 Å². The summed E-state index contributed by atoms with van der Waals surface area (Å²) in [6, 6.07) is 1.96. The van der Waals surface area contributed by atoms with E-state index in [1.807, 2.05) is 19.9 Å². The summed E-state index contributed by atoms with van der Waals surface area (Å²) in [6.07, 6.45) is 0.851. The first kappa shape index (κ1) is 8.80. The summed E-state index contributed by atoms with van der Waals surface area (Å²) in [5.41, 5.74) is 9.54. The van der Waals surface area contributed by atoms with Crippen molar-refractivity contribution >= 4 is 5.82 Å². The second kappa shape index (κ2) is 3.17. The van der Waals surface area contributed by atoms with Crippen LogP contribution in [0.1, 0.15) is 18.2 Å². The summed E-state index contributed by atoms with van der Waals surface area (Å²) >= 11 is 0. The van der Waals surface area contributed by atoms with E-state index in [4.69, 9.17) is 5.73 Å². The minimum Gasteiger partial charge on any atom is -0.382 e. The molecule has 4 N–H and O–H groups in total. The molecule has 0 unspecified atom stereocenters. The second-order valence-corrected chi connectivity index (χ2v) is 3.25. The molecule has 0 aliphatic rings. The minimum atomic E-state index is 0.558. The van der Waals surface area contributed by atoms with Crippen molar-refractivity contribution in [2.24, 2.45) is 0 Å². The van der Waals surface area contributed by atoms with Crippen molar-refractivity contribution in [3.8, 4) is 11.4 Å². The Morgan fingerprint density at radius 1 is 1.36 bits per heavy atom. The molecule has 2 heterocycles. The van der Waals surface area contributed by atoms with Gasteiger partial charge in [0.1, 0.15) is 11.5 Å². The number of nitrogens with one attached hydrogen (secondary N) is 2. The number of H-pyrrole nitrogens is 2. The maximum Gasteiger partial charge on any atom is 0.149 e. The van der Waals surface area contributed by atoms with Crippen LogP contribution in [0.15, 0.2) is 6.07 Å². The topological polar surface area (TPSA) is 83.4 Å². The highest BCUT2D eigenvalue weighted by atomic mass is 15.2. The first-order valence-electron chi connectivity index (χ1n) is 4.57. The summed E-state index contributed by atoms with van der Waals surface area (Å²) in [4.78, 5) is 0. The summed E-state index contributed by atoms with van der Waals surface area (Å²) in [5, 5.41) is 13.9. The highest BCUT2D eigenvalue weighted by Crippen LogP contribution is 2.24. The van der Waals surface area contributed by atoms with Crippen molar-refractivity contribution in [3.63, 3.8) is 0 Å². The predicted molar refractivity (Wildman–Crippen MR) is 54.7 cm³/mol. The average Bonchev–Trinajstić information content (AvgIpc) is 2.71. The summed E-state index contributed by atoms with van der Waals surface area (Å²) in [6.45, 7) is 4.01. The van der Waals surface area contributed by atoms with Crippen molar-refractivity contribution in [3.05, 3.63) is 17.3 Å². The molecule has 0 saturated heterocycles. The van der Waals surface area contributed by atoms with Crippen LogP contribution >= 0.6 is 0 Å². The lowest BCUT2D eigenvalue weighted by Crippen LogP contribution is -1.90. The molecular formula is C9H13N5. The fraction of sp³-hybridized carbons (Fsp3) is 0.333. The molecule has 5 nitrogen and oxygen atoms in total. The fourth-order valence-electron chi connectivity index (χ4n) is 1.50. The summed E-state index contributed by atoms with van der Waals surface area (Å²) < 4.78 is 0. The van der Waals surface area contributed by atoms with Crippen LogP contribution < -0.4 is 5.73 Å². The molecule has 2 rings (SSSR count). The lowest BCUT2D eigenvalue weighted by Gasteiger charge is -1.95. The molecule has 0 atom stereocenters. The van der Waals surface area contributed by atoms with E-state index in [0.29, 0.717) is 5.82 Å². The molecule has 0 radical (unpaired) electrons. The van der Waals surface area contributed by atoms with E-state index in [2.05, 4.69) is 20.4 Å². The van der Waals surface area contributed by atoms with Gasteiger partial charge in [0.05, 0.1) is 5.69 Å². The quantitative estimate of drug-likeness (QED) is 0.668. The van der Waals surface area contributed by atoms with E-state index in [1.54, 1.807) is 0 Å². The smallest absolute Gasteiger partial charge is 0.149 e. The maximum atomic E-state index is 5.72. The first-order valence-corrected chi connectivity index (χ1v) is 4.57. The third-order valence-corrected chi connectivity index (χ3v) is 2.21. The molecule has 5 heteroatoms. The minimum absolute atomic E-state index is 0.558. The first-order chi connectivity index (χ1) is 6.72. The predicted octanol–water partition coefficient (Wildman–Crippen LogP) is 1.25. The Balaban J connectivity index is 2.51. The lowest BCUT2D eigenvalue weighted by atomic mass is 10.1. The SMILES string of the molecule is CCc1c(N)n[nH]c1-c1cc(C)[nH]n1. The molecule has 0 aliphatic carbocycles. The van der Waals surface area contributed by atoms with Gasteiger partial charge in [-0.2, -0.15) is 10.2 Å². The Morgan fingerprint density at radius 3 is 2.71 bits per heavy atom. The van der Waals surface area contributed by atoms with Gasteiger partial charge in [-0.15, -0.1) is 0 Å². The van der Waals surface area contributed by atoms with E-state index in [9.17, 15) is 0 Å². The van der Waals surface area contributed by atoms with Gasteiger partial charge in [0, 0.05) is 11.3 Å². The van der Waals surface area contributed by atoms with E-state index in [1.165, 1.54) is 0 Å². The largest absolute Gasteiger partial charge is 0.382 e. The van der Waals surface area contributed by atoms with E-state index < -0.39 is 0 Å². The van der Waals surface area contributed by atoms with Gasteiger partial charge in [0.2, 0.25) is 0 Å². The second-order valence-electron chi connectivity index (χ2n) is 3.25. The molecule has 0 amide bonds. The number of anilines is 1. The van der Waals surface area contributed by atoms with Gasteiger partial charge >= 0.3 is 0 Å². The van der Waals surface area contributed by atoms with Crippen LogP contribution in [0.25, 0.3) is 11.4 Å². The van der Waals surface area contributed by atoms with Crippen LogP contribution in [0.4, 0.5) is 5.82 Å². The molecule has 0 aromatic carbocycles. The molecule has 14 heavy (non-hydrogen) atoms. The molecule has 2 aromatic heterocycles. The molecule has 0 bridgehead atoms. The molecule has 0 saturated carbocycles. The third kappa shape index (κ3) is 1.26. The average molecular weight is 191 g/mol. The van der Waals surface area contributed by atoms with Crippen molar-refractivity contribution in [2.45, 2.75) is 20.3 Å². The third-order valence-electron chi connectivity index (χ3n) is 2.21. The van der Waals surface area contributed by atoms with Gasteiger partial charge < -0.3 is 5.73 Å². The number of nitrogens with two attached hydrogens (primary N) is 1. The Labute approximate surface area is 81.7 Å². The summed E-state index contributed by atoms with van der Waals surface area (Å²) in [5.74, 6) is 0.558. The van der Waals surface area contributed by atoms with E-state index in [-0.39, 0.29) is 0 Å². The number of rotatable bonds is 2. The van der Waals surface area contributed by atoms with Crippen LogP contribution in [0.2, 0.25) is 0 Å². The normalized spacial score (nSPS) is 10.7. The van der Waals surface area contributed by atoms with Crippen molar-refractivity contribution < 1.29 is 0 Å². The van der Waals surface area contributed by atoms with Crippen molar-refractivity contribution in [1.29, 1.82) is 0 Å². The van der Waals surface area contributed by atoms with E-state index in [0.717, 1.165) is 29.1 Å². The van der Waals surface area contributed by atoms with Crippen LogP contribution in [0.3, 0.4) is 0 Å². The van der Waals surface area contributed by atoms with Crippen LogP contribution in [0.5, 0.6) is 0 Å². The zero-order valence-electron chi connectivity index (χ0n) is 8.26. The molecule has 0 aliphatic heterocycles. The highest BCUT2D eigenvalue weighted by molar-refractivity contribution is 5.64. The van der Waals surface area contributed by atoms with Gasteiger partial charge in [0.15, 0.2) is 0 Å². The molecule has 0 spiro atoms. The van der Waals surface area contributed by atoms with Crippen LogP contribution in [0, 0.1) is 6.92 Å². The zero-order chi connectivity index (χ0) is 10.1. The van der Waals surface area contributed by atoms with Crippen molar-refractivity contribution in [1.82, 2.24) is 20.4 Å². The van der Waals surface area contributed by atoms with Crippen LogP contribution in [-0.2, 0) is 6.42 Å². The van der Waals surface area contributed by atoms with Gasteiger partial charge in [0.25, 0.3) is 0 Å². The Kier molecular flexibility index (Phi) is 1.99. The number of nitrogens with zero attached hydrogens (tertiary/aromatic N) is 2. The van der Waals surface area contributed by atoms with Crippen molar-refractivity contribution in [2.75, 3.05) is 5.73 Å². The zero-order valence-corrected chi connectivity index (χ0v) is 8.26. The monoisotopic (exact) mass is 191 g/mol. The van der Waals surface area contributed by atoms with Crippen LogP contribution in [-0.4, -0.2) is 20.4 Å². The molecule has 0 fully saturated rings. The van der Waals surface area contributed by atoms with Gasteiger partial charge in [-0.25, -0.2) is 0 Å². The van der Waals surface area contributed by atoms with Gasteiger partial charge in [-0.05, 0) is 19.4 Å². The number of aromatic nitrogens is 4. The summed E-state index contributed by atoms with van der Waals surface area (Å²) in [7, 11) is 0. The molecular weight excluding hydrogens is 178 g/mol. The number of aryl methyl sites for hydroxylation is 1. The Bertz CT molecular complexity index is 440. The number of hydrogen-bond acceptors (Lipinski definition) is 3. The van der Waals surface area contributed by atoms with E-state index >= 15 is 0 Å². The van der Waals surface area contributed by atoms with Gasteiger partial charge in [-0.1, -0.05) is 6.92 Å². The molecule has 74 valence electrons. The lowest BCUT2D eigenvalue weighted by molar-refractivity contribution is 1.03. The number of hydrogen-bond donors (Lipinski definition) is 3. The molecule has 2 aromatic rings. The Hall–Kier alpha value is -1.78. The highest BCUT2D eigenvalue weighted by Gasteiger charge is 2.12.